The van der Waals surface area contributed by atoms with Gasteiger partial charge in [0, 0.05) is 38.4 Å². The van der Waals surface area contributed by atoms with Crippen LogP contribution < -0.4 is 0 Å². The van der Waals surface area contributed by atoms with Crippen molar-refractivity contribution in [2.75, 3.05) is 26.2 Å². The fourth-order valence-electron chi connectivity index (χ4n) is 4.81. The molecule has 3 aliphatic heterocycles. The molecule has 5 heteroatoms. The summed E-state index contributed by atoms with van der Waals surface area (Å²) in [6, 6.07) is 11.1. The Morgan fingerprint density at radius 3 is 2.71 bits per heavy atom. The minimum atomic E-state index is 0.179. The van der Waals surface area contributed by atoms with Crippen LogP contribution in [0.1, 0.15) is 47.8 Å². The molecule has 1 aromatic heterocycles. The Morgan fingerprint density at radius 1 is 1.14 bits per heavy atom. The lowest BCUT2D eigenvalue weighted by Crippen LogP contribution is -2.47. The van der Waals surface area contributed by atoms with E-state index in [0.29, 0.717) is 12.0 Å². The number of piperidine rings is 1. The molecule has 0 saturated carbocycles. The molecule has 28 heavy (non-hydrogen) atoms. The summed E-state index contributed by atoms with van der Waals surface area (Å²) in [5.41, 5.74) is 3.05. The van der Waals surface area contributed by atoms with Crippen molar-refractivity contribution in [3.63, 3.8) is 0 Å². The van der Waals surface area contributed by atoms with Crippen molar-refractivity contribution >= 4 is 5.91 Å². The van der Waals surface area contributed by atoms with Gasteiger partial charge in [0.25, 0.3) is 5.91 Å². The van der Waals surface area contributed by atoms with Gasteiger partial charge in [-0.15, -0.1) is 0 Å². The van der Waals surface area contributed by atoms with E-state index in [1.54, 1.807) is 0 Å². The van der Waals surface area contributed by atoms with Crippen molar-refractivity contribution in [2.45, 2.75) is 52.1 Å². The minimum absolute atomic E-state index is 0.179. The topological polar surface area (TPSA) is 41.4 Å². The Bertz CT molecular complexity index is 800. The quantitative estimate of drug-likeness (QED) is 0.771. The zero-order chi connectivity index (χ0) is 19.5. The van der Waals surface area contributed by atoms with Crippen molar-refractivity contribution in [3.05, 3.63) is 53.3 Å². The van der Waals surface area contributed by atoms with Crippen LogP contribution in [0.4, 0.5) is 0 Å². The van der Waals surface area contributed by atoms with Gasteiger partial charge in [-0.05, 0) is 57.6 Å². The molecule has 0 spiro atoms. The van der Waals surface area contributed by atoms with Gasteiger partial charge in [-0.1, -0.05) is 30.3 Å². The molecule has 0 unspecified atom stereocenters. The first kappa shape index (κ1) is 19.2. The molecule has 2 aromatic rings. The molecule has 1 aromatic carbocycles. The number of benzene rings is 1. The Morgan fingerprint density at radius 2 is 1.96 bits per heavy atom. The van der Waals surface area contributed by atoms with Gasteiger partial charge < -0.3 is 9.80 Å². The summed E-state index contributed by atoms with van der Waals surface area (Å²) in [5.74, 6) is 0.777. The van der Waals surface area contributed by atoms with Crippen LogP contribution in [0.2, 0.25) is 0 Å². The number of nitrogens with zero attached hydrogens (tertiary/aromatic N) is 4. The first-order valence-electron chi connectivity index (χ1n) is 10.8. The van der Waals surface area contributed by atoms with E-state index < -0.39 is 0 Å². The maximum Gasteiger partial charge on any atom is 0.257 e. The summed E-state index contributed by atoms with van der Waals surface area (Å²) < 4.78 is 1.87. The van der Waals surface area contributed by atoms with Crippen molar-refractivity contribution in [3.8, 4) is 0 Å². The van der Waals surface area contributed by atoms with E-state index in [2.05, 4.69) is 52.2 Å². The lowest BCUT2D eigenvalue weighted by atomic mass is 9.94. The van der Waals surface area contributed by atoms with Gasteiger partial charge in [0.05, 0.1) is 11.3 Å². The second-order valence-electron chi connectivity index (χ2n) is 8.39. The summed E-state index contributed by atoms with van der Waals surface area (Å²) >= 11 is 0. The highest BCUT2D eigenvalue weighted by Gasteiger charge is 2.37. The normalized spacial score (nSPS) is 22.4. The van der Waals surface area contributed by atoms with E-state index in [-0.39, 0.29) is 5.91 Å². The summed E-state index contributed by atoms with van der Waals surface area (Å²) in [7, 11) is 0. The van der Waals surface area contributed by atoms with E-state index >= 15 is 0 Å². The van der Waals surface area contributed by atoms with Crippen molar-refractivity contribution in [2.24, 2.45) is 5.92 Å². The van der Waals surface area contributed by atoms with Gasteiger partial charge in [-0.3, -0.25) is 9.48 Å². The first-order valence-corrected chi connectivity index (χ1v) is 10.8. The summed E-state index contributed by atoms with van der Waals surface area (Å²) in [6.07, 6.45) is 6.61. The number of hydrogen-bond donors (Lipinski definition) is 0. The van der Waals surface area contributed by atoms with Gasteiger partial charge >= 0.3 is 0 Å². The number of aryl methyl sites for hydroxylation is 3. The average molecular weight is 381 g/mol. The third-order valence-corrected chi connectivity index (χ3v) is 6.33. The standard InChI is InChI=1S/C23H32N4O/c1-3-26-17-22(18(2)24-26)23(28)27-15-20-11-12-21(27)16-25(14-20)13-7-10-19-8-5-4-6-9-19/h4-6,8-9,17,20-21H,3,7,10-16H2,1-2H3/t20-,21+/m1/s1. The third kappa shape index (κ3) is 4.14. The Kier molecular flexibility index (Phi) is 5.81. The van der Waals surface area contributed by atoms with Crippen LogP contribution in [0, 0.1) is 12.8 Å². The highest BCUT2D eigenvalue weighted by molar-refractivity contribution is 5.95. The molecule has 150 valence electrons. The largest absolute Gasteiger partial charge is 0.334 e. The number of fused-ring (bicyclic) bond motifs is 4. The third-order valence-electron chi connectivity index (χ3n) is 6.33. The molecule has 2 bridgehead atoms. The Balaban J connectivity index is 1.39. The van der Waals surface area contributed by atoms with Gasteiger partial charge in [0.2, 0.25) is 0 Å². The highest BCUT2D eigenvalue weighted by Crippen LogP contribution is 2.29. The number of amides is 1. The summed E-state index contributed by atoms with van der Waals surface area (Å²) in [4.78, 5) is 18.0. The molecule has 3 fully saturated rings. The monoisotopic (exact) mass is 380 g/mol. The SMILES string of the molecule is CCn1cc(C(=O)N2C[C@@H]3CC[C@H]2CN(CCCc2ccccc2)C3)c(C)n1. The van der Waals surface area contributed by atoms with Crippen molar-refractivity contribution < 1.29 is 4.79 Å². The average Bonchev–Trinajstić information content (AvgIpc) is 2.87. The van der Waals surface area contributed by atoms with Crippen LogP contribution in [0.5, 0.6) is 0 Å². The maximum atomic E-state index is 13.3. The fourth-order valence-corrected chi connectivity index (χ4v) is 4.81. The molecule has 4 heterocycles. The second-order valence-corrected chi connectivity index (χ2v) is 8.39. The molecule has 5 nitrogen and oxygen atoms in total. The molecule has 0 aliphatic carbocycles. The Labute approximate surface area is 168 Å². The van der Waals surface area contributed by atoms with Crippen molar-refractivity contribution in [1.82, 2.24) is 19.6 Å². The summed E-state index contributed by atoms with van der Waals surface area (Å²) in [6.45, 7) is 8.97. The molecule has 0 radical (unpaired) electrons. The molecule has 1 amide bonds. The van der Waals surface area contributed by atoms with Crippen LogP contribution in [0.25, 0.3) is 0 Å². The molecular weight excluding hydrogens is 348 g/mol. The van der Waals surface area contributed by atoms with Crippen LogP contribution >= 0.6 is 0 Å². The van der Waals surface area contributed by atoms with Crippen LogP contribution in [-0.4, -0.2) is 57.7 Å². The molecule has 2 atom stereocenters. The lowest BCUT2D eigenvalue weighted by molar-refractivity contribution is 0.0584. The smallest absolute Gasteiger partial charge is 0.257 e. The molecule has 5 rings (SSSR count). The van der Waals surface area contributed by atoms with Crippen LogP contribution in [0.15, 0.2) is 36.5 Å². The maximum absolute atomic E-state index is 13.3. The Hall–Kier alpha value is -2.14. The molecule has 0 N–H and O–H groups in total. The number of carbonyl (C=O) groups is 1. The van der Waals surface area contributed by atoms with Crippen LogP contribution in [0.3, 0.4) is 0 Å². The zero-order valence-electron chi connectivity index (χ0n) is 17.2. The second kappa shape index (κ2) is 8.48. The summed E-state index contributed by atoms with van der Waals surface area (Å²) in [5, 5.41) is 4.47. The van der Waals surface area contributed by atoms with Crippen LogP contribution in [-0.2, 0) is 13.0 Å². The lowest BCUT2D eigenvalue weighted by Gasteiger charge is -2.36. The van der Waals surface area contributed by atoms with Gasteiger partial charge in [-0.2, -0.15) is 5.10 Å². The molecular formula is C23H32N4O. The number of aromatic nitrogens is 2. The van der Waals surface area contributed by atoms with E-state index in [4.69, 9.17) is 0 Å². The first-order chi connectivity index (χ1) is 13.6. The fraction of sp³-hybridized carbons (Fsp3) is 0.565. The van der Waals surface area contributed by atoms with E-state index in [1.807, 2.05) is 17.8 Å². The molecule has 3 aliphatic rings. The predicted octanol–water partition coefficient (Wildman–Crippen LogP) is 3.38. The van der Waals surface area contributed by atoms with E-state index in [9.17, 15) is 4.79 Å². The number of hydrogen-bond acceptors (Lipinski definition) is 3. The zero-order valence-corrected chi connectivity index (χ0v) is 17.2. The predicted molar refractivity (Wildman–Crippen MR) is 111 cm³/mol. The highest BCUT2D eigenvalue weighted by atomic mass is 16.2. The number of rotatable bonds is 6. The van der Waals surface area contributed by atoms with Gasteiger partial charge in [0.1, 0.15) is 0 Å². The minimum Gasteiger partial charge on any atom is -0.334 e. The number of carbonyl (C=O) groups excluding carboxylic acids is 1. The van der Waals surface area contributed by atoms with Gasteiger partial charge in [-0.25, -0.2) is 0 Å². The van der Waals surface area contributed by atoms with Crippen molar-refractivity contribution in [1.29, 1.82) is 0 Å². The molecule has 3 saturated heterocycles. The van der Waals surface area contributed by atoms with Gasteiger partial charge in [0.15, 0.2) is 0 Å². The van der Waals surface area contributed by atoms with E-state index in [1.165, 1.54) is 18.4 Å². The van der Waals surface area contributed by atoms with E-state index in [0.717, 1.165) is 56.8 Å².